The first kappa shape index (κ1) is 24.4. The van der Waals surface area contributed by atoms with Crippen molar-refractivity contribution in [3.05, 3.63) is 46.5 Å². The third-order valence-corrected chi connectivity index (χ3v) is 7.86. The van der Waals surface area contributed by atoms with Gasteiger partial charge in [0.15, 0.2) is 0 Å². The average molecular weight is 484 g/mol. The summed E-state index contributed by atoms with van der Waals surface area (Å²) in [4.78, 5) is 8.69. The van der Waals surface area contributed by atoms with E-state index in [0.717, 1.165) is 59.2 Å². The van der Waals surface area contributed by atoms with E-state index in [9.17, 15) is 5.26 Å². The fourth-order valence-corrected chi connectivity index (χ4v) is 6.13. The highest BCUT2D eigenvalue weighted by molar-refractivity contribution is 7.99. The maximum atomic E-state index is 10.1. The number of benzene rings is 1. The monoisotopic (exact) mass is 483 g/mol. The molecule has 0 amide bonds. The summed E-state index contributed by atoms with van der Waals surface area (Å²) in [5, 5.41) is 11.0. The molecule has 2 aromatic rings. The van der Waals surface area contributed by atoms with E-state index in [2.05, 4.69) is 69.2 Å². The third-order valence-electron chi connectivity index (χ3n) is 6.16. The molecule has 1 aromatic carbocycles. The smallest absolute Gasteiger partial charge is 0.135 e. The first-order chi connectivity index (χ1) is 15.8. The lowest BCUT2D eigenvalue weighted by atomic mass is 9.89. The Morgan fingerprint density at radius 2 is 1.97 bits per heavy atom. The molecule has 2 aliphatic heterocycles. The van der Waals surface area contributed by atoms with Crippen LogP contribution in [0.1, 0.15) is 49.9 Å². The highest BCUT2D eigenvalue weighted by Gasteiger charge is 2.34. The van der Waals surface area contributed by atoms with E-state index in [4.69, 9.17) is 14.5 Å². The molecule has 1 saturated heterocycles. The third kappa shape index (κ3) is 5.68. The van der Waals surface area contributed by atoms with Gasteiger partial charge in [0.1, 0.15) is 16.9 Å². The number of aryl methyl sites for hydroxylation is 1. The number of ether oxygens (including phenoxy) is 2. The van der Waals surface area contributed by atoms with Crippen LogP contribution in [0.2, 0.25) is 0 Å². The van der Waals surface area contributed by atoms with E-state index in [1.54, 1.807) is 23.5 Å². The number of aromatic nitrogens is 1. The van der Waals surface area contributed by atoms with Gasteiger partial charge in [0.25, 0.3) is 0 Å². The van der Waals surface area contributed by atoms with E-state index >= 15 is 0 Å². The van der Waals surface area contributed by atoms with Gasteiger partial charge in [0.05, 0.1) is 30.0 Å². The number of rotatable bonds is 6. The topological polar surface area (TPSA) is 58.4 Å². The second kappa shape index (κ2) is 10.3. The number of hydrogen-bond acceptors (Lipinski definition) is 7. The van der Waals surface area contributed by atoms with Crippen molar-refractivity contribution in [3.63, 3.8) is 0 Å². The van der Waals surface area contributed by atoms with Gasteiger partial charge in [-0.3, -0.25) is 0 Å². The van der Waals surface area contributed by atoms with Gasteiger partial charge in [-0.05, 0) is 63.6 Å². The van der Waals surface area contributed by atoms with Gasteiger partial charge >= 0.3 is 0 Å². The SMILES string of the molecule is CSc1cccc(CCSc2nc(N3CC(C)OC(C)C3)c3c(c2C#N)CC(C)(C)OC3)c1. The Hall–Kier alpha value is -1.72. The van der Waals surface area contributed by atoms with Crippen LogP contribution in [0.3, 0.4) is 0 Å². The molecule has 5 nitrogen and oxygen atoms in total. The van der Waals surface area contributed by atoms with E-state index < -0.39 is 0 Å². The van der Waals surface area contributed by atoms with Crippen LogP contribution in [0.5, 0.6) is 0 Å². The minimum absolute atomic E-state index is 0.141. The molecule has 7 heteroatoms. The van der Waals surface area contributed by atoms with Crippen LogP contribution in [-0.2, 0) is 28.9 Å². The van der Waals surface area contributed by atoms with E-state index in [1.807, 2.05) is 0 Å². The lowest BCUT2D eigenvalue weighted by molar-refractivity contribution is -0.0407. The number of morpholine rings is 1. The van der Waals surface area contributed by atoms with Crippen LogP contribution in [0.4, 0.5) is 5.82 Å². The molecule has 2 unspecified atom stereocenters. The number of fused-ring (bicyclic) bond motifs is 1. The van der Waals surface area contributed by atoms with Crippen molar-refractivity contribution in [1.29, 1.82) is 5.26 Å². The molecule has 0 radical (unpaired) electrons. The summed E-state index contributed by atoms with van der Waals surface area (Å²) in [6.07, 6.45) is 4.05. The minimum Gasteiger partial charge on any atom is -0.372 e. The molecule has 0 spiro atoms. The Labute approximate surface area is 206 Å². The molecular weight excluding hydrogens is 450 g/mol. The van der Waals surface area contributed by atoms with Crippen molar-refractivity contribution >= 4 is 29.3 Å². The zero-order valence-electron chi connectivity index (χ0n) is 20.2. The molecule has 4 rings (SSSR count). The molecule has 0 bridgehead atoms. The molecule has 0 aliphatic carbocycles. The van der Waals surface area contributed by atoms with Gasteiger partial charge in [-0.2, -0.15) is 5.26 Å². The minimum atomic E-state index is -0.289. The number of nitrogens with zero attached hydrogens (tertiary/aromatic N) is 3. The quantitative estimate of drug-likeness (QED) is 0.505. The number of nitriles is 1. The molecule has 3 heterocycles. The molecule has 0 saturated carbocycles. The zero-order chi connectivity index (χ0) is 23.6. The Balaban J connectivity index is 1.66. The molecule has 1 aromatic heterocycles. The Morgan fingerprint density at radius 3 is 2.67 bits per heavy atom. The predicted octanol–water partition coefficient (Wildman–Crippen LogP) is 5.47. The Morgan fingerprint density at radius 1 is 1.21 bits per heavy atom. The highest BCUT2D eigenvalue weighted by atomic mass is 32.2. The van der Waals surface area contributed by atoms with Gasteiger partial charge in [0.2, 0.25) is 0 Å². The molecule has 176 valence electrons. The molecule has 1 fully saturated rings. The van der Waals surface area contributed by atoms with Crippen molar-refractivity contribution in [3.8, 4) is 6.07 Å². The zero-order valence-corrected chi connectivity index (χ0v) is 21.8. The van der Waals surface area contributed by atoms with Crippen molar-refractivity contribution in [2.45, 2.75) is 74.9 Å². The van der Waals surface area contributed by atoms with Crippen LogP contribution in [-0.4, -0.2) is 47.9 Å². The summed E-state index contributed by atoms with van der Waals surface area (Å²) in [6, 6.07) is 11.2. The maximum Gasteiger partial charge on any atom is 0.135 e. The summed E-state index contributed by atoms with van der Waals surface area (Å²) in [6.45, 7) is 10.5. The molecular formula is C26H33N3O2S2. The number of pyridine rings is 1. The summed E-state index contributed by atoms with van der Waals surface area (Å²) in [5.74, 6) is 1.85. The van der Waals surface area contributed by atoms with Crippen molar-refractivity contribution in [2.24, 2.45) is 0 Å². The normalized spacial score (nSPS) is 22.0. The van der Waals surface area contributed by atoms with Crippen LogP contribution >= 0.6 is 23.5 Å². The first-order valence-electron chi connectivity index (χ1n) is 11.6. The predicted molar refractivity (Wildman–Crippen MR) is 136 cm³/mol. The fourth-order valence-electron chi connectivity index (χ4n) is 4.65. The average Bonchev–Trinajstić information content (AvgIpc) is 2.77. The van der Waals surface area contributed by atoms with Crippen LogP contribution < -0.4 is 4.90 Å². The van der Waals surface area contributed by atoms with Gasteiger partial charge in [-0.1, -0.05) is 12.1 Å². The largest absolute Gasteiger partial charge is 0.372 e. The van der Waals surface area contributed by atoms with Crippen LogP contribution in [0, 0.1) is 11.3 Å². The van der Waals surface area contributed by atoms with Crippen molar-refractivity contribution in [2.75, 3.05) is 30.0 Å². The second-order valence-electron chi connectivity index (χ2n) is 9.52. The first-order valence-corrected chi connectivity index (χ1v) is 13.8. The van der Waals surface area contributed by atoms with Crippen LogP contribution in [0.15, 0.2) is 34.2 Å². The fraction of sp³-hybridized carbons (Fsp3) is 0.538. The number of thioether (sulfide) groups is 2. The number of anilines is 1. The molecule has 2 atom stereocenters. The van der Waals surface area contributed by atoms with E-state index in [-0.39, 0.29) is 17.8 Å². The summed E-state index contributed by atoms with van der Waals surface area (Å²) in [7, 11) is 0. The Bertz CT molecular complexity index is 1040. The van der Waals surface area contributed by atoms with E-state index in [1.165, 1.54) is 10.5 Å². The molecule has 33 heavy (non-hydrogen) atoms. The standard InChI is InChI=1S/C26H33N3O2S2/c1-17-14-29(15-18(2)31-17)24-23-16-30-26(3,4)12-21(23)22(13-27)25(28-24)33-10-9-19-7-6-8-20(11-19)32-5/h6-8,11,17-18H,9-10,12,14-16H2,1-5H3. The van der Waals surface area contributed by atoms with Gasteiger partial charge in [0, 0.05) is 35.7 Å². The van der Waals surface area contributed by atoms with Crippen molar-refractivity contribution in [1.82, 2.24) is 4.98 Å². The summed E-state index contributed by atoms with van der Waals surface area (Å²) >= 11 is 3.46. The summed E-state index contributed by atoms with van der Waals surface area (Å²) < 4.78 is 12.1. The second-order valence-corrected chi connectivity index (χ2v) is 11.5. The lowest BCUT2D eigenvalue weighted by Crippen LogP contribution is -2.47. The van der Waals surface area contributed by atoms with Gasteiger partial charge in [-0.25, -0.2) is 4.98 Å². The molecule has 2 aliphatic rings. The van der Waals surface area contributed by atoms with Gasteiger partial charge < -0.3 is 14.4 Å². The van der Waals surface area contributed by atoms with Gasteiger partial charge in [-0.15, -0.1) is 23.5 Å². The van der Waals surface area contributed by atoms with E-state index in [0.29, 0.717) is 6.61 Å². The van der Waals surface area contributed by atoms with Crippen LogP contribution in [0.25, 0.3) is 0 Å². The highest BCUT2D eigenvalue weighted by Crippen LogP contribution is 2.39. The Kier molecular flexibility index (Phi) is 7.59. The molecule has 0 N–H and O–H groups in total. The maximum absolute atomic E-state index is 10.1. The van der Waals surface area contributed by atoms with Crippen molar-refractivity contribution < 1.29 is 9.47 Å². The number of hydrogen-bond donors (Lipinski definition) is 0. The summed E-state index contributed by atoms with van der Waals surface area (Å²) in [5.41, 5.74) is 3.93. The lowest BCUT2D eigenvalue weighted by Gasteiger charge is -2.40.